The minimum absolute atomic E-state index is 0.0444. The molecule has 338 valence electrons. The number of nitrogens with zero attached hydrogens (tertiary/aromatic N) is 4. The lowest BCUT2D eigenvalue weighted by Crippen LogP contribution is -2.12. The molecule has 3 heterocycles. The molecule has 0 amide bonds. The number of fused-ring (bicyclic) bond motifs is 6. The van der Waals surface area contributed by atoms with Crippen LogP contribution in [0.15, 0.2) is 158 Å². The van der Waals surface area contributed by atoms with E-state index in [2.05, 4.69) is 6.07 Å². The molecule has 3 aromatic heterocycles. The van der Waals surface area contributed by atoms with Crippen molar-refractivity contribution in [3.05, 3.63) is 186 Å². The highest BCUT2D eigenvalue weighted by Gasteiger charge is 2.40. The summed E-state index contributed by atoms with van der Waals surface area (Å²) in [6.07, 6.45) is -18.9. The second-order valence-corrected chi connectivity index (χ2v) is 15.9. The van der Waals surface area contributed by atoms with Gasteiger partial charge < -0.3 is 4.57 Å². The molecule has 7 aromatic carbocycles. The molecule has 10 aromatic rings. The average molecular weight is 935 g/mol. The van der Waals surface area contributed by atoms with Crippen molar-refractivity contribution in [3.63, 3.8) is 0 Å². The predicted octanol–water partition coefficient (Wildman–Crippen LogP) is 16.2. The van der Waals surface area contributed by atoms with Gasteiger partial charge in [0, 0.05) is 32.7 Å². The standard InChI is InChI=1S/C52H26F12N4/c53-49(54,55)31-15-19-34(41(23-31)51(59,60)61)28-13-17-38-36-9-3-5-11-43(36)67(45(38)21-28)47-27-66-48(25-40(47)33-8-2-1-7-30(33)26-65)68-44-12-6-4-10-37(44)39-18-14-29(22-46(39)68)35-20-16-32(50(56,57)58)24-42(35)52(62,63)64/h1-25,27H. The van der Waals surface area contributed by atoms with E-state index >= 15 is 0 Å². The molecule has 16 heteroatoms. The Bertz CT molecular complexity index is 3710. The van der Waals surface area contributed by atoms with Crippen LogP contribution in [0.25, 0.3) is 88.5 Å². The van der Waals surface area contributed by atoms with Gasteiger partial charge in [-0.3, -0.25) is 4.57 Å². The lowest BCUT2D eigenvalue weighted by molar-refractivity contribution is -0.144. The summed E-state index contributed by atoms with van der Waals surface area (Å²) >= 11 is 0. The lowest BCUT2D eigenvalue weighted by Gasteiger charge is -2.18. The van der Waals surface area contributed by atoms with Gasteiger partial charge in [0.05, 0.1) is 67.8 Å². The molecule has 10 rings (SSSR count). The predicted molar refractivity (Wildman–Crippen MR) is 234 cm³/mol. The molecule has 0 spiro atoms. The summed E-state index contributed by atoms with van der Waals surface area (Å²) in [4.78, 5) is 4.89. The van der Waals surface area contributed by atoms with Gasteiger partial charge in [-0.1, -0.05) is 91.0 Å². The largest absolute Gasteiger partial charge is 0.417 e. The van der Waals surface area contributed by atoms with Gasteiger partial charge in [-0.2, -0.15) is 57.9 Å². The Kier molecular flexibility index (Phi) is 9.99. The number of para-hydroxylation sites is 2. The molecule has 0 N–H and O–H groups in total. The van der Waals surface area contributed by atoms with Crippen LogP contribution in [0.1, 0.15) is 27.8 Å². The van der Waals surface area contributed by atoms with E-state index in [9.17, 15) is 57.9 Å². The quantitative estimate of drug-likeness (QED) is 0.161. The molecule has 0 aliphatic carbocycles. The van der Waals surface area contributed by atoms with E-state index in [4.69, 9.17) is 4.98 Å². The van der Waals surface area contributed by atoms with Gasteiger partial charge in [-0.05, 0) is 82.9 Å². The van der Waals surface area contributed by atoms with E-state index in [0.717, 1.165) is 12.1 Å². The highest BCUT2D eigenvalue weighted by Crippen LogP contribution is 2.46. The molecule has 4 nitrogen and oxygen atoms in total. The molecule has 0 unspecified atom stereocenters. The summed E-state index contributed by atoms with van der Waals surface area (Å²) in [5.74, 6) is 0.198. The van der Waals surface area contributed by atoms with Crippen LogP contribution in [0.3, 0.4) is 0 Å². The lowest BCUT2D eigenvalue weighted by atomic mass is 9.95. The van der Waals surface area contributed by atoms with Crippen molar-refractivity contribution in [1.82, 2.24) is 14.1 Å². The van der Waals surface area contributed by atoms with Crippen molar-refractivity contribution in [2.24, 2.45) is 0 Å². The van der Waals surface area contributed by atoms with Crippen molar-refractivity contribution >= 4 is 43.6 Å². The van der Waals surface area contributed by atoms with Gasteiger partial charge in [0.25, 0.3) is 0 Å². The smallest absolute Gasteiger partial charge is 0.307 e. The van der Waals surface area contributed by atoms with Gasteiger partial charge in [0.1, 0.15) is 5.82 Å². The molecule has 0 aliphatic rings. The van der Waals surface area contributed by atoms with Gasteiger partial charge in [0.15, 0.2) is 0 Å². The Hall–Kier alpha value is -8.06. The summed E-state index contributed by atoms with van der Waals surface area (Å²) in [7, 11) is 0. The summed E-state index contributed by atoms with van der Waals surface area (Å²) in [5, 5.41) is 12.8. The number of halogens is 12. The maximum Gasteiger partial charge on any atom is 0.417 e. The zero-order valence-corrected chi connectivity index (χ0v) is 34.3. The van der Waals surface area contributed by atoms with Crippen molar-refractivity contribution in [2.45, 2.75) is 24.7 Å². The number of hydrogen-bond acceptors (Lipinski definition) is 2. The molecular formula is C52H26F12N4. The Morgan fingerprint density at radius 2 is 0.853 bits per heavy atom. The second-order valence-electron chi connectivity index (χ2n) is 15.9. The van der Waals surface area contributed by atoms with Crippen LogP contribution in [0, 0.1) is 11.3 Å². The number of benzene rings is 7. The molecule has 0 bridgehead atoms. The molecule has 0 saturated carbocycles. The van der Waals surface area contributed by atoms with Gasteiger partial charge in [-0.15, -0.1) is 0 Å². The first kappa shape index (κ1) is 43.8. The number of rotatable bonds is 5. The van der Waals surface area contributed by atoms with Crippen LogP contribution in [0.2, 0.25) is 0 Å². The number of aromatic nitrogens is 3. The Labute approximate surface area is 376 Å². The minimum atomic E-state index is -5.17. The fourth-order valence-electron chi connectivity index (χ4n) is 8.97. The monoisotopic (exact) mass is 934 g/mol. The third-order valence-corrected chi connectivity index (χ3v) is 12.0. The van der Waals surface area contributed by atoms with Crippen LogP contribution in [0.5, 0.6) is 0 Å². The van der Waals surface area contributed by atoms with Gasteiger partial charge in [-0.25, -0.2) is 4.98 Å². The van der Waals surface area contributed by atoms with E-state index in [1.54, 1.807) is 100 Å². The third kappa shape index (κ3) is 7.34. The van der Waals surface area contributed by atoms with Crippen molar-refractivity contribution in [1.29, 1.82) is 5.26 Å². The van der Waals surface area contributed by atoms with Crippen molar-refractivity contribution in [2.75, 3.05) is 0 Å². The van der Waals surface area contributed by atoms with Crippen LogP contribution < -0.4 is 0 Å². The first-order chi connectivity index (χ1) is 32.2. The van der Waals surface area contributed by atoms with Crippen LogP contribution in [-0.2, 0) is 24.7 Å². The summed E-state index contributed by atoms with van der Waals surface area (Å²) < 4.78 is 172. The average Bonchev–Trinajstić information content (AvgIpc) is 3.82. The second kappa shape index (κ2) is 15.5. The van der Waals surface area contributed by atoms with Crippen LogP contribution in [-0.4, -0.2) is 14.1 Å². The fraction of sp³-hybridized carbons (Fsp3) is 0.0769. The van der Waals surface area contributed by atoms with Gasteiger partial charge >= 0.3 is 24.7 Å². The summed E-state index contributed by atoms with van der Waals surface area (Å²) in [6.45, 7) is 0. The first-order valence-corrected chi connectivity index (χ1v) is 20.4. The zero-order valence-electron chi connectivity index (χ0n) is 34.3. The highest BCUT2D eigenvalue weighted by atomic mass is 19.4. The van der Waals surface area contributed by atoms with Crippen molar-refractivity contribution in [3.8, 4) is 51.0 Å². The highest BCUT2D eigenvalue weighted by molar-refractivity contribution is 6.12. The van der Waals surface area contributed by atoms with Crippen LogP contribution in [0.4, 0.5) is 52.7 Å². The van der Waals surface area contributed by atoms with E-state index in [-0.39, 0.29) is 34.6 Å². The van der Waals surface area contributed by atoms with Gasteiger partial charge in [0.2, 0.25) is 0 Å². The minimum Gasteiger partial charge on any atom is -0.307 e. The maximum absolute atomic E-state index is 14.5. The first-order valence-electron chi connectivity index (χ1n) is 20.4. The Morgan fingerprint density at radius 1 is 0.397 bits per heavy atom. The maximum atomic E-state index is 14.5. The molecule has 0 fully saturated rings. The molecule has 0 aliphatic heterocycles. The molecule has 0 radical (unpaired) electrons. The topological polar surface area (TPSA) is 46.5 Å². The molecule has 0 atom stereocenters. The number of alkyl halides is 12. The van der Waals surface area contributed by atoms with E-state index < -0.39 is 58.1 Å². The molecule has 0 saturated heterocycles. The summed E-state index contributed by atoms with van der Waals surface area (Å²) in [5.41, 5.74) is -3.98. The number of hydrogen-bond donors (Lipinski definition) is 0. The number of nitriles is 1. The molecular weight excluding hydrogens is 909 g/mol. The Morgan fingerprint density at radius 3 is 1.35 bits per heavy atom. The van der Waals surface area contributed by atoms with Crippen LogP contribution >= 0.6 is 0 Å². The third-order valence-electron chi connectivity index (χ3n) is 12.0. The van der Waals surface area contributed by atoms with E-state index in [1.165, 1.54) is 30.5 Å². The Balaban J connectivity index is 1.24. The molecule has 68 heavy (non-hydrogen) atoms. The van der Waals surface area contributed by atoms with Crippen molar-refractivity contribution < 1.29 is 52.7 Å². The SMILES string of the molecule is N#Cc1ccccc1-c1cc(-n2c3ccccc3c3ccc(-c4ccc(C(F)(F)F)cc4C(F)(F)F)cc32)ncc1-n1c2ccccc2c2ccc(-c3ccc(C(F)(F)F)cc3C(F)(F)F)cc21. The van der Waals surface area contributed by atoms with E-state index in [0.29, 0.717) is 72.6 Å². The fourth-order valence-corrected chi connectivity index (χ4v) is 8.97. The zero-order chi connectivity index (χ0) is 48.1. The summed E-state index contributed by atoms with van der Waals surface area (Å²) in [6, 6.07) is 36.1. The number of pyridine rings is 1. The normalized spacial score (nSPS) is 12.7. The van der Waals surface area contributed by atoms with E-state index in [1.807, 2.05) is 0 Å².